The van der Waals surface area contributed by atoms with Crippen molar-refractivity contribution in [2.75, 3.05) is 14.1 Å². The van der Waals surface area contributed by atoms with Gasteiger partial charge in [-0.25, -0.2) is 9.78 Å². The lowest BCUT2D eigenvalue weighted by atomic mass is 10.1. The Morgan fingerprint density at radius 1 is 0.974 bits per heavy atom. The molecule has 38 heavy (non-hydrogen) atoms. The first-order valence-electron chi connectivity index (χ1n) is 12.1. The van der Waals surface area contributed by atoms with Crippen LogP contribution in [0.1, 0.15) is 43.8 Å². The van der Waals surface area contributed by atoms with E-state index in [2.05, 4.69) is 20.5 Å². The van der Waals surface area contributed by atoms with Gasteiger partial charge in [-0.15, -0.1) is 10.2 Å². The zero-order valence-electron chi connectivity index (χ0n) is 22.3. The van der Waals surface area contributed by atoms with Gasteiger partial charge in [-0.2, -0.15) is 0 Å². The standard InChI is InChI=1S/C28H30N6O4.H2/c1-17-23(31-22(16-29-17)19-11-13-21(14-12-19)26(35)34(5)6)25-33-32-24(37-25)20-9-7-18(8-10-20)15-30-27(36)38-28(2,3)4;/h7-14,16H,15H2,1-6H3,(H,30,36);1H. The predicted octanol–water partition coefficient (Wildman–Crippen LogP) is 5.14. The molecule has 0 saturated carbocycles. The fourth-order valence-electron chi connectivity index (χ4n) is 3.52. The Labute approximate surface area is 222 Å². The maximum Gasteiger partial charge on any atom is 0.407 e. The van der Waals surface area contributed by atoms with Crippen molar-refractivity contribution in [1.82, 2.24) is 30.4 Å². The number of nitrogens with zero attached hydrogens (tertiary/aromatic N) is 5. The van der Waals surface area contributed by atoms with Crippen LogP contribution < -0.4 is 5.32 Å². The molecule has 0 radical (unpaired) electrons. The second kappa shape index (κ2) is 10.8. The molecule has 10 heteroatoms. The molecule has 4 aromatic rings. The van der Waals surface area contributed by atoms with Crippen LogP contribution in [0.25, 0.3) is 34.3 Å². The highest BCUT2D eigenvalue weighted by Crippen LogP contribution is 2.27. The summed E-state index contributed by atoms with van der Waals surface area (Å²) in [5, 5.41) is 11.1. The van der Waals surface area contributed by atoms with Crippen LogP contribution in [0.2, 0.25) is 0 Å². The number of aromatic nitrogens is 4. The van der Waals surface area contributed by atoms with E-state index >= 15 is 0 Å². The summed E-state index contributed by atoms with van der Waals surface area (Å²) < 4.78 is 11.2. The Hall–Kier alpha value is -4.60. The minimum absolute atomic E-state index is 0. The Morgan fingerprint density at radius 2 is 1.61 bits per heavy atom. The number of carbonyl (C=O) groups is 2. The number of ether oxygens (including phenoxy) is 1. The molecule has 0 saturated heterocycles. The summed E-state index contributed by atoms with van der Waals surface area (Å²) in [6, 6.07) is 14.6. The van der Waals surface area contributed by atoms with Gasteiger partial charge in [-0.3, -0.25) is 9.78 Å². The summed E-state index contributed by atoms with van der Waals surface area (Å²) >= 11 is 0. The van der Waals surface area contributed by atoms with E-state index in [-0.39, 0.29) is 13.2 Å². The van der Waals surface area contributed by atoms with E-state index in [1.54, 1.807) is 32.4 Å². The molecular formula is C28H32N6O4. The third-order valence-corrected chi connectivity index (χ3v) is 5.45. The van der Waals surface area contributed by atoms with Crippen molar-refractivity contribution in [2.45, 2.75) is 39.8 Å². The number of amides is 2. The monoisotopic (exact) mass is 516 g/mol. The van der Waals surface area contributed by atoms with Gasteiger partial charge in [0.2, 0.25) is 5.89 Å². The van der Waals surface area contributed by atoms with Crippen molar-refractivity contribution in [3.8, 4) is 34.3 Å². The van der Waals surface area contributed by atoms with Crippen molar-refractivity contribution >= 4 is 12.0 Å². The highest BCUT2D eigenvalue weighted by molar-refractivity contribution is 5.94. The van der Waals surface area contributed by atoms with Gasteiger partial charge in [-0.1, -0.05) is 24.3 Å². The average molecular weight is 517 g/mol. The largest absolute Gasteiger partial charge is 0.444 e. The zero-order chi connectivity index (χ0) is 27.4. The van der Waals surface area contributed by atoms with Crippen LogP contribution in [0.5, 0.6) is 0 Å². The van der Waals surface area contributed by atoms with Crippen LogP contribution in [0, 0.1) is 6.92 Å². The molecule has 2 amide bonds. The minimum atomic E-state index is -0.553. The molecule has 0 bridgehead atoms. The highest BCUT2D eigenvalue weighted by atomic mass is 16.6. The number of alkyl carbamates (subject to hydrolysis) is 1. The summed E-state index contributed by atoms with van der Waals surface area (Å²) in [4.78, 5) is 34.7. The van der Waals surface area contributed by atoms with Gasteiger partial charge < -0.3 is 19.4 Å². The van der Waals surface area contributed by atoms with Gasteiger partial charge in [0.05, 0.1) is 17.6 Å². The van der Waals surface area contributed by atoms with Crippen molar-refractivity contribution in [3.05, 3.63) is 71.5 Å². The van der Waals surface area contributed by atoms with Crippen molar-refractivity contribution in [2.24, 2.45) is 0 Å². The van der Waals surface area contributed by atoms with Crippen molar-refractivity contribution in [3.63, 3.8) is 0 Å². The fourth-order valence-corrected chi connectivity index (χ4v) is 3.52. The predicted molar refractivity (Wildman–Crippen MR) is 144 cm³/mol. The van der Waals surface area contributed by atoms with E-state index in [4.69, 9.17) is 14.1 Å². The highest BCUT2D eigenvalue weighted by Gasteiger charge is 2.18. The molecular weight excluding hydrogens is 484 g/mol. The lowest BCUT2D eigenvalue weighted by Crippen LogP contribution is -2.32. The minimum Gasteiger partial charge on any atom is -0.444 e. The molecule has 0 spiro atoms. The summed E-state index contributed by atoms with van der Waals surface area (Å²) in [6.45, 7) is 7.60. The number of hydrogen-bond donors (Lipinski definition) is 1. The lowest BCUT2D eigenvalue weighted by molar-refractivity contribution is 0.0523. The first-order valence-corrected chi connectivity index (χ1v) is 12.1. The number of nitrogens with one attached hydrogen (secondary N) is 1. The van der Waals surface area contributed by atoms with Crippen LogP contribution in [0.4, 0.5) is 4.79 Å². The molecule has 0 atom stereocenters. The van der Waals surface area contributed by atoms with Gasteiger partial charge in [0, 0.05) is 38.8 Å². The Morgan fingerprint density at radius 3 is 2.24 bits per heavy atom. The second-order valence-electron chi connectivity index (χ2n) is 9.93. The first-order chi connectivity index (χ1) is 18.0. The Bertz CT molecular complexity index is 1440. The average Bonchev–Trinajstić information content (AvgIpc) is 3.37. The maximum absolute atomic E-state index is 12.2. The quantitative estimate of drug-likeness (QED) is 0.374. The van der Waals surface area contributed by atoms with Gasteiger partial charge in [0.1, 0.15) is 11.3 Å². The van der Waals surface area contributed by atoms with Crippen LogP contribution in [0.3, 0.4) is 0 Å². The molecule has 4 rings (SSSR count). The Balaban J connectivity index is 0.00000420. The van der Waals surface area contributed by atoms with Gasteiger partial charge in [-0.05, 0) is 57.5 Å². The third-order valence-electron chi connectivity index (χ3n) is 5.45. The molecule has 0 fully saturated rings. The van der Waals surface area contributed by atoms with E-state index in [0.29, 0.717) is 35.1 Å². The first kappa shape index (κ1) is 26.5. The van der Waals surface area contributed by atoms with Crippen LogP contribution in [-0.4, -0.2) is 56.8 Å². The van der Waals surface area contributed by atoms with E-state index < -0.39 is 11.7 Å². The van der Waals surface area contributed by atoms with Crippen LogP contribution in [-0.2, 0) is 11.3 Å². The van der Waals surface area contributed by atoms with Crippen molar-refractivity contribution in [1.29, 1.82) is 0 Å². The Kier molecular flexibility index (Phi) is 7.52. The molecule has 0 unspecified atom stereocenters. The normalized spacial score (nSPS) is 11.2. The molecule has 198 valence electrons. The molecule has 2 heterocycles. The van der Waals surface area contributed by atoms with Crippen LogP contribution in [0.15, 0.2) is 59.1 Å². The van der Waals surface area contributed by atoms with Gasteiger partial charge in [0.15, 0.2) is 0 Å². The number of aryl methyl sites for hydroxylation is 1. The van der Waals surface area contributed by atoms with Crippen LogP contribution >= 0.6 is 0 Å². The molecule has 10 nitrogen and oxygen atoms in total. The molecule has 0 aliphatic rings. The van der Waals surface area contributed by atoms with Gasteiger partial charge >= 0.3 is 6.09 Å². The SMILES string of the molecule is Cc1ncc(-c2ccc(C(=O)N(C)C)cc2)nc1-c1nnc(-c2ccc(CNC(=O)OC(C)(C)C)cc2)o1.[HH]. The summed E-state index contributed by atoms with van der Waals surface area (Å²) in [7, 11) is 3.43. The van der Waals surface area contributed by atoms with E-state index in [0.717, 1.165) is 16.7 Å². The molecule has 1 N–H and O–H groups in total. The van der Waals surface area contributed by atoms with E-state index in [1.807, 2.05) is 64.1 Å². The van der Waals surface area contributed by atoms with E-state index in [1.165, 1.54) is 4.90 Å². The summed E-state index contributed by atoms with van der Waals surface area (Å²) in [5.74, 6) is 0.518. The smallest absolute Gasteiger partial charge is 0.407 e. The van der Waals surface area contributed by atoms with E-state index in [9.17, 15) is 9.59 Å². The number of benzene rings is 2. The summed E-state index contributed by atoms with van der Waals surface area (Å²) in [6.07, 6.45) is 1.20. The number of hydrogen-bond acceptors (Lipinski definition) is 8. The van der Waals surface area contributed by atoms with Crippen molar-refractivity contribution < 1.29 is 20.2 Å². The third kappa shape index (κ3) is 6.39. The second-order valence-corrected chi connectivity index (χ2v) is 9.93. The molecule has 0 aliphatic carbocycles. The van der Waals surface area contributed by atoms with Gasteiger partial charge in [0.25, 0.3) is 11.8 Å². The zero-order valence-corrected chi connectivity index (χ0v) is 22.3. The molecule has 0 aliphatic heterocycles. The summed E-state index contributed by atoms with van der Waals surface area (Å²) in [5.41, 5.74) is 4.22. The molecule has 2 aromatic carbocycles. The molecule has 2 aromatic heterocycles. The number of rotatable bonds is 6. The number of carbonyl (C=O) groups excluding carboxylic acids is 2. The fraction of sp³-hybridized carbons (Fsp3) is 0.286. The maximum atomic E-state index is 12.2. The topological polar surface area (TPSA) is 123 Å². The lowest BCUT2D eigenvalue weighted by Gasteiger charge is -2.19.